The Kier molecular flexibility index (Phi) is 2.53. The third-order valence-corrected chi connectivity index (χ3v) is 3.57. The quantitative estimate of drug-likeness (QED) is 0.779. The van der Waals surface area contributed by atoms with Gasteiger partial charge in [0.05, 0.1) is 5.69 Å². The lowest BCUT2D eigenvalue weighted by atomic mass is 10.1. The Morgan fingerprint density at radius 3 is 2.71 bits per heavy atom. The molecule has 4 nitrogen and oxygen atoms in total. The number of benzene rings is 1. The second kappa shape index (κ2) is 4.05. The monoisotopic (exact) mass is 266 g/mol. The fourth-order valence-electron chi connectivity index (χ4n) is 1.75. The van der Waals surface area contributed by atoms with Gasteiger partial charge in [-0.25, -0.2) is 0 Å². The van der Waals surface area contributed by atoms with Crippen LogP contribution in [0.25, 0.3) is 11.3 Å². The van der Waals surface area contributed by atoms with Gasteiger partial charge < -0.3 is 20.2 Å². The number of nitrogen functional groups attached to an aromatic ring is 1. The largest absolute Gasteiger partial charge is 0.486 e. The lowest BCUT2D eigenvalue weighted by Gasteiger charge is -2.18. The summed E-state index contributed by atoms with van der Waals surface area (Å²) in [5.41, 5.74) is 7.70. The van der Waals surface area contributed by atoms with Gasteiger partial charge in [-0.2, -0.15) is 0 Å². The number of hydrogen-bond acceptors (Lipinski definition) is 5. The van der Waals surface area contributed by atoms with E-state index in [0.29, 0.717) is 22.2 Å². The van der Waals surface area contributed by atoms with Crippen LogP contribution in [0, 0.1) is 3.95 Å². The van der Waals surface area contributed by atoms with Crippen LogP contribution in [0.1, 0.15) is 0 Å². The average Bonchev–Trinajstić information content (AvgIpc) is 2.68. The fourth-order valence-corrected chi connectivity index (χ4v) is 2.75. The Hall–Kier alpha value is -1.53. The molecule has 0 saturated carbocycles. The van der Waals surface area contributed by atoms with Crippen LogP contribution in [0.15, 0.2) is 18.2 Å². The zero-order valence-corrected chi connectivity index (χ0v) is 10.5. The second-order valence-electron chi connectivity index (χ2n) is 3.61. The van der Waals surface area contributed by atoms with Crippen LogP contribution in [0.2, 0.25) is 0 Å². The van der Waals surface area contributed by atoms with E-state index in [1.165, 1.54) is 11.3 Å². The molecule has 0 amide bonds. The third-order valence-electron chi connectivity index (χ3n) is 2.51. The molecule has 2 aromatic rings. The Morgan fingerprint density at radius 2 is 2.00 bits per heavy atom. The van der Waals surface area contributed by atoms with Crippen molar-refractivity contribution in [1.29, 1.82) is 0 Å². The van der Waals surface area contributed by atoms with Crippen LogP contribution < -0.4 is 15.2 Å². The molecule has 1 aliphatic rings. The van der Waals surface area contributed by atoms with Crippen molar-refractivity contribution in [2.45, 2.75) is 0 Å². The highest BCUT2D eigenvalue weighted by Crippen LogP contribution is 2.36. The van der Waals surface area contributed by atoms with Crippen molar-refractivity contribution < 1.29 is 9.47 Å². The summed E-state index contributed by atoms with van der Waals surface area (Å²) < 4.78 is 11.7. The molecule has 0 spiro atoms. The summed E-state index contributed by atoms with van der Waals surface area (Å²) >= 11 is 6.43. The van der Waals surface area contributed by atoms with E-state index in [0.717, 1.165) is 22.8 Å². The summed E-state index contributed by atoms with van der Waals surface area (Å²) in [6.45, 7) is 1.17. The topological polar surface area (TPSA) is 60.3 Å². The van der Waals surface area contributed by atoms with Crippen molar-refractivity contribution in [3.8, 4) is 22.8 Å². The van der Waals surface area contributed by atoms with Crippen molar-refractivity contribution >= 4 is 28.6 Å². The lowest BCUT2D eigenvalue weighted by molar-refractivity contribution is 0.171. The maximum Gasteiger partial charge on any atom is 0.162 e. The number of nitrogens with two attached hydrogens (primary N) is 1. The van der Waals surface area contributed by atoms with E-state index in [9.17, 15) is 0 Å². The molecule has 6 heteroatoms. The predicted molar refractivity (Wildman–Crippen MR) is 70.3 cm³/mol. The van der Waals surface area contributed by atoms with Crippen molar-refractivity contribution in [2.75, 3.05) is 18.9 Å². The Bertz CT molecular complexity index is 618. The molecule has 0 saturated heterocycles. The summed E-state index contributed by atoms with van der Waals surface area (Å²) in [6, 6.07) is 5.74. The van der Waals surface area contributed by atoms with E-state index < -0.39 is 0 Å². The SMILES string of the molecule is Nc1sc(=S)[nH]c1-c1ccc2c(c1)OCCO2. The number of hydrogen-bond donors (Lipinski definition) is 2. The van der Waals surface area contributed by atoms with Crippen molar-refractivity contribution in [3.63, 3.8) is 0 Å². The molecule has 3 rings (SSSR count). The molecule has 0 atom stereocenters. The number of anilines is 1. The average molecular weight is 266 g/mol. The van der Waals surface area contributed by atoms with E-state index in [1.54, 1.807) is 0 Å². The van der Waals surface area contributed by atoms with Gasteiger partial charge in [0, 0.05) is 5.56 Å². The maximum absolute atomic E-state index is 5.90. The molecular formula is C11H10N2O2S2. The Morgan fingerprint density at radius 1 is 1.24 bits per heavy atom. The summed E-state index contributed by atoms with van der Waals surface area (Å²) in [4.78, 5) is 3.08. The Labute approximate surface area is 107 Å². The van der Waals surface area contributed by atoms with Gasteiger partial charge in [-0.15, -0.1) is 0 Å². The summed E-state index contributed by atoms with van der Waals surface area (Å²) in [7, 11) is 0. The maximum atomic E-state index is 5.90. The molecule has 1 aromatic carbocycles. The molecule has 1 aliphatic heterocycles. The van der Waals surface area contributed by atoms with Crippen LogP contribution >= 0.6 is 23.6 Å². The van der Waals surface area contributed by atoms with Crippen molar-refractivity contribution in [3.05, 3.63) is 22.2 Å². The van der Waals surface area contributed by atoms with E-state index in [1.807, 2.05) is 18.2 Å². The van der Waals surface area contributed by atoms with Gasteiger partial charge >= 0.3 is 0 Å². The lowest BCUT2D eigenvalue weighted by Crippen LogP contribution is -2.15. The van der Waals surface area contributed by atoms with Crippen LogP contribution in [-0.4, -0.2) is 18.2 Å². The van der Waals surface area contributed by atoms with Gasteiger partial charge in [-0.3, -0.25) is 0 Å². The highest BCUT2D eigenvalue weighted by molar-refractivity contribution is 7.73. The minimum absolute atomic E-state index is 0.575. The number of nitrogens with one attached hydrogen (secondary N) is 1. The Balaban J connectivity index is 2.09. The first-order chi connectivity index (χ1) is 8.24. The molecule has 0 aliphatic carbocycles. The number of ether oxygens (including phenoxy) is 2. The number of thiazole rings is 1. The van der Waals surface area contributed by atoms with Crippen LogP contribution in [0.5, 0.6) is 11.5 Å². The van der Waals surface area contributed by atoms with Gasteiger partial charge in [-0.1, -0.05) is 11.3 Å². The van der Waals surface area contributed by atoms with Gasteiger partial charge in [0.15, 0.2) is 15.5 Å². The number of aromatic nitrogens is 1. The van der Waals surface area contributed by atoms with Crippen LogP contribution in [-0.2, 0) is 0 Å². The zero-order chi connectivity index (χ0) is 11.8. The standard InChI is InChI=1S/C11H10N2O2S2/c12-10-9(13-11(16)17-10)6-1-2-7-8(5-6)15-4-3-14-7/h1-2,5H,3-4,12H2,(H,13,16). The fraction of sp³-hybridized carbons (Fsp3) is 0.182. The highest BCUT2D eigenvalue weighted by Gasteiger charge is 2.14. The normalized spacial score (nSPS) is 13.6. The molecule has 88 valence electrons. The zero-order valence-electron chi connectivity index (χ0n) is 8.86. The van der Waals surface area contributed by atoms with E-state index >= 15 is 0 Å². The van der Waals surface area contributed by atoms with Crippen molar-refractivity contribution in [2.24, 2.45) is 0 Å². The van der Waals surface area contributed by atoms with Gasteiger partial charge in [0.25, 0.3) is 0 Å². The number of H-pyrrole nitrogens is 1. The van der Waals surface area contributed by atoms with Gasteiger partial charge in [0.2, 0.25) is 0 Å². The number of rotatable bonds is 1. The molecule has 0 radical (unpaired) electrons. The third kappa shape index (κ3) is 1.89. The molecule has 0 fully saturated rings. The van der Waals surface area contributed by atoms with Crippen molar-refractivity contribution in [1.82, 2.24) is 4.98 Å². The molecule has 1 aromatic heterocycles. The predicted octanol–water partition coefficient (Wildman–Crippen LogP) is 2.83. The molecule has 17 heavy (non-hydrogen) atoms. The van der Waals surface area contributed by atoms with E-state index in [4.69, 9.17) is 27.4 Å². The number of fused-ring (bicyclic) bond motifs is 1. The number of aromatic amines is 1. The van der Waals surface area contributed by atoms with Crippen LogP contribution in [0.3, 0.4) is 0 Å². The van der Waals surface area contributed by atoms with Crippen LogP contribution in [0.4, 0.5) is 5.00 Å². The minimum Gasteiger partial charge on any atom is -0.486 e. The molecule has 0 unspecified atom stereocenters. The molecule has 3 N–H and O–H groups in total. The minimum atomic E-state index is 0.575. The smallest absolute Gasteiger partial charge is 0.162 e. The molecular weight excluding hydrogens is 256 g/mol. The van der Waals surface area contributed by atoms with E-state index in [-0.39, 0.29) is 0 Å². The first-order valence-corrected chi connectivity index (χ1v) is 6.35. The van der Waals surface area contributed by atoms with Gasteiger partial charge in [-0.05, 0) is 30.4 Å². The summed E-state index contributed by atoms with van der Waals surface area (Å²) in [5.74, 6) is 1.52. The van der Waals surface area contributed by atoms with Gasteiger partial charge in [0.1, 0.15) is 18.2 Å². The molecule has 2 heterocycles. The first-order valence-electron chi connectivity index (χ1n) is 5.12. The second-order valence-corrected chi connectivity index (χ2v) is 5.33. The highest BCUT2D eigenvalue weighted by atomic mass is 32.1. The van der Waals surface area contributed by atoms with E-state index in [2.05, 4.69) is 4.98 Å². The summed E-state index contributed by atoms with van der Waals surface area (Å²) in [6.07, 6.45) is 0. The first kappa shape index (κ1) is 10.6. The summed E-state index contributed by atoms with van der Waals surface area (Å²) in [5, 5.41) is 0.687. The molecule has 0 bridgehead atoms.